The summed E-state index contributed by atoms with van der Waals surface area (Å²) in [4.78, 5) is 40.4. The number of nitrogens with zero attached hydrogens (tertiary/aromatic N) is 4. The van der Waals surface area contributed by atoms with Gasteiger partial charge in [-0.1, -0.05) is 6.07 Å². The summed E-state index contributed by atoms with van der Waals surface area (Å²) in [7, 11) is 0. The van der Waals surface area contributed by atoms with Gasteiger partial charge >= 0.3 is 6.09 Å². The van der Waals surface area contributed by atoms with Crippen LogP contribution in [0.2, 0.25) is 0 Å². The topological polar surface area (TPSA) is 96.8 Å². The lowest BCUT2D eigenvalue weighted by molar-refractivity contribution is -0.136. The Hall–Kier alpha value is -3.43. The van der Waals surface area contributed by atoms with Crippen LogP contribution in [0.3, 0.4) is 0 Å². The fraction of sp³-hybridized carbons (Fsp3) is 0.429. The van der Waals surface area contributed by atoms with E-state index in [-0.39, 0.29) is 17.6 Å². The maximum absolute atomic E-state index is 13.4. The van der Waals surface area contributed by atoms with Crippen LogP contribution in [0, 0.1) is 12.7 Å². The van der Waals surface area contributed by atoms with Crippen molar-refractivity contribution in [1.29, 1.82) is 0 Å². The number of hydrogen-bond donors (Lipinski definition) is 1. The minimum Gasteiger partial charge on any atom is -0.450 e. The van der Waals surface area contributed by atoms with E-state index in [9.17, 15) is 18.8 Å². The van der Waals surface area contributed by atoms with Gasteiger partial charge in [0.15, 0.2) is 0 Å². The average Bonchev–Trinajstić information content (AvgIpc) is 3.13. The average molecular weight is 431 g/mol. The Labute approximate surface area is 179 Å². The van der Waals surface area contributed by atoms with Crippen LogP contribution in [0.15, 0.2) is 30.5 Å². The van der Waals surface area contributed by atoms with Gasteiger partial charge in [-0.2, -0.15) is 5.10 Å². The van der Waals surface area contributed by atoms with Gasteiger partial charge in [0.05, 0.1) is 18.0 Å². The number of amides is 3. The predicted molar refractivity (Wildman–Crippen MR) is 111 cm³/mol. The van der Waals surface area contributed by atoms with Crippen molar-refractivity contribution in [2.24, 2.45) is 0 Å². The van der Waals surface area contributed by atoms with Gasteiger partial charge in [-0.15, -0.1) is 0 Å². The van der Waals surface area contributed by atoms with Crippen LogP contribution in [0.1, 0.15) is 35.9 Å². The summed E-state index contributed by atoms with van der Waals surface area (Å²) in [5.74, 6) is -1.09. The zero-order chi connectivity index (χ0) is 22.5. The van der Waals surface area contributed by atoms with E-state index >= 15 is 0 Å². The maximum atomic E-state index is 13.4. The second kappa shape index (κ2) is 9.59. The van der Waals surface area contributed by atoms with Crippen LogP contribution < -0.4 is 5.32 Å². The molecule has 1 atom stereocenters. The summed E-state index contributed by atoms with van der Waals surface area (Å²) in [6, 6.07) is 4.80. The Morgan fingerprint density at radius 1 is 1.19 bits per heavy atom. The molecule has 31 heavy (non-hydrogen) atoms. The lowest BCUT2D eigenvalue weighted by Gasteiger charge is -2.35. The number of rotatable bonds is 5. The maximum Gasteiger partial charge on any atom is 0.409 e. The molecule has 1 aromatic heterocycles. The molecule has 1 aromatic carbocycles. The molecular weight excluding hydrogens is 405 g/mol. The number of piperazine rings is 1. The zero-order valence-electron chi connectivity index (χ0n) is 17.8. The van der Waals surface area contributed by atoms with Crippen molar-refractivity contribution in [1.82, 2.24) is 19.6 Å². The number of aryl methyl sites for hydroxylation is 1. The van der Waals surface area contributed by atoms with Crippen LogP contribution in [0.4, 0.5) is 14.9 Å². The van der Waals surface area contributed by atoms with E-state index in [0.717, 1.165) is 6.07 Å². The number of anilines is 1. The molecule has 0 bridgehead atoms. The Morgan fingerprint density at radius 2 is 1.87 bits per heavy atom. The fourth-order valence-electron chi connectivity index (χ4n) is 3.33. The minimum atomic E-state index is -0.590. The normalized spacial score (nSPS) is 14.8. The molecule has 1 fully saturated rings. The van der Waals surface area contributed by atoms with E-state index < -0.39 is 17.8 Å². The van der Waals surface area contributed by atoms with Crippen molar-refractivity contribution < 1.29 is 23.5 Å². The van der Waals surface area contributed by atoms with Crippen molar-refractivity contribution in [3.05, 3.63) is 47.5 Å². The highest BCUT2D eigenvalue weighted by molar-refractivity contribution is 6.04. The molecule has 0 aliphatic carbocycles. The summed E-state index contributed by atoms with van der Waals surface area (Å²) in [6.07, 6.45) is 1.22. The molecule has 10 heteroatoms. The molecule has 3 amide bonds. The lowest BCUT2D eigenvalue weighted by atomic mass is 10.2. The van der Waals surface area contributed by atoms with Gasteiger partial charge in [-0.3, -0.25) is 14.3 Å². The first-order valence-electron chi connectivity index (χ1n) is 10.1. The number of carbonyl (C=O) groups excluding carboxylic acids is 3. The first-order valence-corrected chi connectivity index (χ1v) is 10.1. The summed E-state index contributed by atoms with van der Waals surface area (Å²) < 4.78 is 19.9. The van der Waals surface area contributed by atoms with Gasteiger partial charge in [0.2, 0.25) is 5.91 Å². The van der Waals surface area contributed by atoms with Crippen molar-refractivity contribution in [2.75, 3.05) is 38.1 Å². The molecule has 2 aromatic rings. The standard InChI is InChI=1S/C21H26FN5O4/c1-4-31-21(30)26-10-8-25(9-11-26)20(29)15(3)27-13-18(14(2)24-27)23-19(28)16-6-5-7-17(22)12-16/h5-7,12-13,15H,4,8-11H2,1-3H3,(H,23,28). The van der Waals surface area contributed by atoms with Crippen molar-refractivity contribution in [3.63, 3.8) is 0 Å². The van der Waals surface area contributed by atoms with Crippen molar-refractivity contribution >= 4 is 23.6 Å². The zero-order valence-corrected chi connectivity index (χ0v) is 17.8. The van der Waals surface area contributed by atoms with Crippen LogP contribution in [-0.2, 0) is 9.53 Å². The van der Waals surface area contributed by atoms with E-state index in [1.54, 1.807) is 36.8 Å². The van der Waals surface area contributed by atoms with Crippen LogP contribution in [0.5, 0.6) is 0 Å². The summed E-state index contributed by atoms with van der Waals surface area (Å²) in [5, 5.41) is 7.06. The minimum absolute atomic E-state index is 0.131. The highest BCUT2D eigenvalue weighted by atomic mass is 19.1. The molecule has 1 aliphatic heterocycles. The van der Waals surface area contributed by atoms with Gasteiger partial charge in [0.1, 0.15) is 11.9 Å². The molecule has 0 saturated carbocycles. The van der Waals surface area contributed by atoms with Gasteiger partial charge in [0.25, 0.3) is 5.91 Å². The van der Waals surface area contributed by atoms with E-state index in [4.69, 9.17) is 4.74 Å². The summed E-state index contributed by atoms with van der Waals surface area (Å²) in [5.41, 5.74) is 1.17. The third-order valence-corrected chi connectivity index (χ3v) is 5.12. The summed E-state index contributed by atoms with van der Waals surface area (Å²) >= 11 is 0. The van der Waals surface area contributed by atoms with Crippen molar-refractivity contribution in [3.8, 4) is 0 Å². The second-order valence-electron chi connectivity index (χ2n) is 7.26. The molecular formula is C21H26FN5O4. The number of aromatic nitrogens is 2. The molecule has 9 nitrogen and oxygen atoms in total. The Morgan fingerprint density at radius 3 is 2.52 bits per heavy atom. The van der Waals surface area contributed by atoms with E-state index in [2.05, 4.69) is 10.4 Å². The first-order chi connectivity index (χ1) is 14.8. The monoisotopic (exact) mass is 431 g/mol. The quantitative estimate of drug-likeness (QED) is 0.784. The van der Waals surface area contributed by atoms with Crippen LogP contribution in [-0.4, -0.2) is 70.3 Å². The van der Waals surface area contributed by atoms with Gasteiger partial charge in [-0.25, -0.2) is 9.18 Å². The largest absolute Gasteiger partial charge is 0.450 e. The Balaban J connectivity index is 1.62. The highest BCUT2D eigenvalue weighted by Gasteiger charge is 2.29. The first kappa shape index (κ1) is 22.3. The third kappa shape index (κ3) is 5.19. The van der Waals surface area contributed by atoms with E-state index in [0.29, 0.717) is 44.2 Å². The predicted octanol–water partition coefficient (Wildman–Crippen LogP) is 2.44. The molecule has 1 aliphatic rings. The fourth-order valence-corrected chi connectivity index (χ4v) is 3.33. The number of carbonyl (C=O) groups is 3. The van der Waals surface area contributed by atoms with Crippen LogP contribution >= 0.6 is 0 Å². The number of hydrogen-bond acceptors (Lipinski definition) is 5. The number of benzene rings is 1. The Bertz CT molecular complexity index is 968. The van der Waals surface area contributed by atoms with Gasteiger partial charge in [-0.05, 0) is 39.0 Å². The highest BCUT2D eigenvalue weighted by Crippen LogP contribution is 2.19. The second-order valence-corrected chi connectivity index (χ2v) is 7.26. The molecule has 0 radical (unpaired) electrons. The van der Waals surface area contributed by atoms with Crippen molar-refractivity contribution in [2.45, 2.75) is 26.8 Å². The molecule has 1 saturated heterocycles. The molecule has 1 N–H and O–H groups in total. The van der Waals surface area contributed by atoms with Gasteiger partial charge < -0.3 is 19.9 Å². The molecule has 1 unspecified atom stereocenters. The van der Waals surface area contributed by atoms with E-state index in [1.807, 2.05) is 0 Å². The molecule has 2 heterocycles. The Kier molecular flexibility index (Phi) is 6.88. The number of ether oxygens (including phenoxy) is 1. The third-order valence-electron chi connectivity index (χ3n) is 5.12. The van der Waals surface area contributed by atoms with Crippen LogP contribution in [0.25, 0.3) is 0 Å². The number of halogens is 1. The SMILES string of the molecule is CCOC(=O)N1CCN(C(=O)C(C)n2cc(NC(=O)c3cccc(F)c3)c(C)n2)CC1. The molecule has 166 valence electrons. The molecule has 0 spiro atoms. The lowest BCUT2D eigenvalue weighted by Crippen LogP contribution is -2.52. The van der Waals surface area contributed by atoms with E-state index in [1.165, 1.54) is 22.9 Å². The summed E-state index contributed by atoms with van der Waals surface area (Å²) in [6.45, 7) is 7.13. The smallest absolute Gasteiger partial charge is 0.409 e. The molecule has 3 rings (SSSR count). The number of nitrogens with one attached hydrogen (secondary N) is 1. The van der Waals surface area contributed by atoms with Gasteiger partial charge in [0, 0.05) is 37.9 Å².